The average molecular weight is 430 g/mol. The van der Waals surface area contributed by atoms with E-state index >= 15 is 0 Å². The van der Waals surface area contributed by atoms with Crippen LogP contribution < -0.4 is 4.90 Å². The fraction of sp³-hybridized carbons (Fsp3) is 0.381. The number of aliphatic hydroxyl groups is 1. The number of aryl methyl sites for hydroxylation is 2. The van der Waals surface area contributed by atoms with Gasteiger partial charge in [-0.3, -0.25) is 4.79 Å². The Kier molecular flexibility index (Phi) is 5.92. The second-order valence-corrected chi connectivity index (χ2v) is 7.59. The highest BCUT2D eigenvalue weighted by Gasteiger charge is 2.56. The summed E-state index contributed by atoms with van der Waals surface area (Å²) in [6, 6.07) is 8.46. The molecule has 0 aliphatic carbocycles. The van der Waals surface area contributed by atoms with E-state index in [1.807, 2.05) is 13.0 Å². The molecule has 156 valence electrons. The van der Waals surface area contributed by atoms with E-state index in [-0.39, 0.29) is 12.3 Å². The quantitative estimate of drug-likeness (QED) is 0.678. The van der Waals surface area contributed by atoms with Crippen LogP contribution in [0.2, 0.25) is 5.02 Å². The van der Waals surface area contributed by atoms with Crippen LogP contribution in [0.25, 0.3) is 0 Å². The van der Waals surface area contributed by atoms with Crippen molar-refractivity contribution in [2.24, 2.45) is 0 Å². The third-order valence-electron chi connectivity index (χ3n) is 5.19. The van der Waals surface area contributed by atoms with Gasteiger partial charge in [-0.15, -0.1) is 0 Å². The summed E-state index contributed by atoms with van der Waals surface area (Å²) in [7, 11) is 0. The fourth-order valence-corrected chi connectivity index (χ4v) is 3.81. The molecular formula is C21H20ClF4NO2. The van der Waals surface area contributed by atoms with Gasteiger partial charge in [-0.2, -0.15) is 17.6 Å². The van der Waals surface area contributed by atoms with Crippen molar-refractivity contribution < 1.29 is 27.5 Å². The molecule has 0 spiro atoms. The first-order chi connectivity index (χ1) is 13.5. The summed E-state index contributed by atoms with van der Waals surface area (Å²) in [6.45, 7) is 2.24. The number of carbonyl (C=O) groups is 1. The van der Waals surface area contributed by atoms with Crippen molar-refractivity contribution >= 4 is 23.2 Å². The molecule has 1 unspecified atom stereocenters. The standard InChI is InChI=1S/C21H20ClF4NO2/c1-13-5-4-7-17(22)16(13)12-19(28)27-10-3-2-6-14-11-15(8-9-18(14)27)20(23,29)21(24,25)26/h4-5,7-9,11,29H,2-3,6,10,12H2,1H3. The molecule has 1 aliphatic rings. The number of hydrogen-bond acceptors (Lipinski definition) is 2. The molecule has 0 bridgehead atoms. The monoisotopic (exact) mass is 429 g/mol. The van der Waals surface area contributed by atoms with E-state index in [0.717, 1.165) is 17.7 Å². The van der Waals surface area contributed by atoms with Gasteiger partial charge in [0.2, 0.25) is 5.91 Å². The molecule has 0 radical (unpaired) electrons. The highest BCUT2D eigenvalue weighted by molar-refractivity contribution is 6.31. The van der Waals surface area contributed by atoms with Crippen LogP contribution in [-0.2, 0) is 23.5 Å². The van der Waals surface area contributed by atoms with Gasteiger partial charge in [0, 0.05) is 22.8 Å². The smallest absolute Gasteiger partial charge is 0.351 e. The van der Waals surface area contributed by atoms with Crippen molar-refractivity contribution in [2.45, 2.75) is 44.6 Å². The predicted octanol–water partition coefficient (Wildman–Crippen LogP) is 5.24. The van der Waals surface area contributed by atoms with Gasteiger partial charge in [-0.05, 0) is 61.1 Å². The van der Waals surface area contributed by atoms with Crippen molar-refractivity contribution in [1.82, 2.24) is 0 Å². The molecule has 3 rings (SSSR count). The number of nitrogens with zero attached hydrogens (tertiary/aromatic N) is 1. The Labute approximate surface area is 170 Å². The van der Waals surface area contributed by atoms with Gasteiger partial charge >= 0.3 is 12.0 Å². The van der Waals surface area contributed by atoms with Crippen LogP contribution in [0.15, 0.2) is 36.4 Å². The normalized spacial score (nSPS) is 16.7. The van der Waals surface area contributed by atoms with Crippen molar-refractivity contribution in [2.75, 3.05) is 11.4 Å². The Morgan fingerprint density at radius 1 is 1.17 bits per heavy atom. The molecule has 0 aromatic heterocycles. The fourth-order valence-electron chi connectivity index (χ4n) is 3.52. The zero-order valence-corrected chi connectivity index (χ0v) is 16.4. The third kappa shape index (κ3) is 4.26. The SMILES string of the molecule is Cc1cccc(Cl)c1CC(=O)N1CCCCc2cc(C(O)(F)C(F)(F)F)ccc21. The molecule has 2 aromatic rings. The first-order valence-corrected chi connectivity index (χ1v) is 9.56. The molecule has 3 nitrogen and oxygen atoms in total. The molecule has 0 saturated heterocycles. The van der Waals surface area contributed by atoms with Gasteiger partial charge in [0.15, 0.2) is 0 Å². The summed E-state index contributed by atoms with van der Waals surface area (Å²) in [5.41, 5.74) is 1.49. The number of carbonyl (C=O) groups excluding carboxylic acids is 1. The Hall–Kier alpha value is -2.12. The highest BCUT2D eigenvalue weighted by Crippen LogP contribution is 2.42. The minimum Gasteiger partial charge on any atom is -0.351 e. The minimum atomic E-state index is -5.46. The summed E-state index contributed by atoms with van der Waals surface area (Å²) in [5, 5.41) is 9.81. The first-order valence-electron chi connectivity index (χ1n) is 9.18. The largest absolute Gasteiger partial charge is 0.453 e. The van der Waals surface area contributed by atoms with Crippen LogP contribution >= 0.6 is 11.6 Å². The maximum Gasteiger partial charge on any atom is 0.453 e. The van der Waals surface area contributed by atoms with Crippen molar-refractivity contribution in [3.63, 3.8) is 0 Å². The van der Waals surface area contributed by atoms with E-state index in [2.05, 4.69) is 0 Å². The number of anilines is 1. The Bertz CT molecular complexity index is 907. The summed E-state index contributed by atoms with van der Waals surface area (Å²) < 4.78 is 52.5. The Morgan fingerprint density at radius 2 is 1.90 bits per heavy atom. The molecular weight excluding hydrogens is 410 g/mol. The summed E-state index contributed by atoms with van der Waals surface area (Å²) >= 11 is 6.21. The molecule has 1 heterocycles. The van der Waals surface area contributed by atoms with Gasteiger partial charge in [-0.1, -0.05) is 29.8 Å². The van der Waals surface area contributed by atoms with E-state index in [1.165, 1.54) is 11.0 Å². The number of hydrogen-bond donors (Lipinski definition) is 1. The zero-order valence-electron chi connectivity index (χ0n) is 15.7. The average Bonchev–Trinajstić information content (AvgIpc) is 2.85. The Morgan fingerprint density at radius 3 is 2.55 bits per heavy atom. The molecule has 29 heavy (non-hydrogen) atoms. The Balaban J connectivity index is 1.95. The second-order valence-electron chi connectivity index (χ2n) is 7.18. The van der Waals surface area contributed by atoms with Gasteiger partial charge in [-0.25, -0.2) is 0 Å². The lowest BCUT2D eigenvalue weighted by molar-refractivity contribution is -0.323. The van der Waals surface area contributed by atoms with Crippen LogP contribution in [0.5, 0.6) is 0 Å². The zero-order chi connectivity index (χ0) is 21.4. The number of rotatable bonds is 3. The summed E-state index contributed by atoms with van der Waals surface area (Å²) in [6.07, 6.45) is -3.75. The van der Waals surface area contributed by atoms with Gasteiger partial charge in [0.25, 0.3) is 0 Å². The lowest BCUT2D eigenvalue weighted by atomic mass is 9.99. The maximum atomic E-state index is 14.0. The van der Waals surface area contributed by atoms with E-state index in [0.29, 0.717) is 47.6 Å². The molecule has 0 fully saturated rings. The van der Waals surface area contributed by atoms with Crippen molar-refractivity contribution in [3.05, 3.63) is 63.7 Å². The summed E-state index contributed by atoms with van der Waals surface area (Å²) in [4.78, 5) is 14.5. The number of benzene rings is 2. The number of halogens is 5. The van der Waals surface area contributed by atoms with E-state index in [9.17, 15) is 27.5 Å². The lowest BCUT2D eigenvalue weighted by Crippen LogP contribution is -2.38. The maximum absolute atomic E-state index is 14.0. The van der Waals surface area contributed by atoms with Crippen LogP contribution in [0.4, 0.5) is 23.2 Å². The van der Waals surface area contributed by atoms with Crippen LogP contribution in [-0.4, -0.2) is 23.7 Å². The molecule has 2 aromatic carbocycles. The molecule has 1 aliphatic heterocycles. The third-order valence-corrected chi connectivity index (χ3v) is 5.54. The highest BCUT2D eigenvalue weighted by atomic mass is 35.5. The van der Waals surface area contributed by atoms with Crippen LogP contribution in [0.3, 0.4) is 0 Å². The number of alkyl halides is 4. The van der Waals surface area contributed by atoms with E-state index in [1.54, 1.807) is 12.1 Å². The minimum absolute atomic E-state index is 0.0439. The lowest BCUT2D eigenvalue weighted by Gasteiger charge is -2.26. The summed E-state index contributed by atoms with van der Waals surface area (Å²) in [5.74, 6) is -4.69. The van der Waals surface area contributed by atoms with E-state index in [4.69, 9.17) is 11.6 Å². The van der Waals surface area contributed by atoms with Crippen LogP contribution in [0.1, 0.15) is 35.1 Å². The topological polar surface area (TPSA) is 40.5 Å². The van der Waals surface area contributed by atoms with E-state index < -0.39 is 17.6 Å². The molecule has 0 saturated carbocycles. The van der Waals surface area contributed by atoms with Crippen LogP contribution in [0, 0.1) is 6.92 Å². The molecule has 1 amide bonds. The van der Waals surface area contributed by atoms with Crippen molar-refractivity contribution in [1.29, 1.82) is 0 Å². The number of fused-ring (bicyclic) bond motifs is 1. The van der Waals surface area contributed by atoms with Gasteiger partial charge in [0.05, 0.1) is 6.42 Å². The van der Waals surface area contributed by atoms with Gasteiger partial charge in [0.1, 0.15) is 0 Å². The number of amides is 1. The molecule has 1 atom stereocenters. The molecule has 8 heteroatoms. The first kappa shape index (κ1) is 21.6. The van der Waals surface area contributed by atoms with Gasteiger partial charge < -0.3 is 10.0 Å². The second kappa shape index (κ2) is 7.95. The predicted molar refractivity (Wildman–Crippen MR) is 103 cm³/mol. The molecule has 1 N–H and O–H groups in total. The van der Waals surface area contributed by atoms with Crippen molar-refractivity contribution in [3.8, 4) is 0 Å².